The number of hydrogen-bond donors (Lipinski definition) is 1. The van der Waals surface area contributed by atoms with Crippen LogP contribution in [-0.2, 0) is 4.79 Å². The molecule has 0 aliphatic rings. The summed E-state index contributed by atoms with van der Waals surface area (Å²) in [4.78, 5) is 12.4. The highest BCUT2D eigenvalue weighted by Gasteiger charge is 2.32. The molecule has 1 N–H and O–H groups in total. The molecule has 190 valence electrons. The first kappa shape index (κ1) is 26.9. The number of ether oxygens (including phenoxy) is 1. The Balaban J connectivity index is 0.00000361. The molecule has 1 aromatic heterocycles. The van der Waals surface area contributed by atoms with E-state index >= 15 is 0 Å². The molecule has 1 amide bonds. The molecule has 5 nitrogen and oxygen atoms in total. The van der Waals surface area contributed by atoms with E-state index in [1.54, 1.807) is 29.9 Å². The van der Waals surface area contributed by atoms with Gasteiger partial charge in [0, 0.05) is 5.39 Å². The fraction of sp³-hybridized carbons (Fsp3) is 0.310. The average Bonchev–Trinajstić information content (AvgIpc) is 3.22. The Morgan fingerprint density at radius 2 is 1.75 bits per heavy atom. The minimum absolute atomic E-state index is 0. The molecular weight excluding hydrogens is 460 g/mol. The minimum atomic E-state index is -2.01. The van der Waals surface area contributed by atoms with Crippen LogP contribution in [0.4, 0.5) is 8.78 Å². The molecule has 0 aliphatic heterocycles. The first-order valence-corrected chi connectivity index (χ1v) is 11.5. The SMILES string of the molecule is C.Cc1ccc(C)c([C@@H](Oc2ccc3c(cnn3-c3ccc(F)cc3)c2)[C@H](C)NC(=O)C(C)(C)F)c1. The number of carbonyl (C=O) groups is 1. The molecule has 1 heterocycles. The van der Waals surface area contributed by atoms with Crippen LogP contribution >= 0.6 is 0 Å². The molecule has 36 heavy (non-hydrogen) atoms. The van der Waals surface area contributed by atoms with Gasteiger partial charge in [0.2, 0.25) is 0 Å². The van der Waals surface area contributed by atoms with Gasteiger partial charge in [0.25, 0.3) is 5.91 Å². The van der Waals surface area contributed by atoms with Crippen molar-refractivity contribution in [1.29, 1.82) is 0 Å². The summed E-state index contributed by atoms with van der Waals surface area (Å²) in [6, 6.07) is 17.2. The Kier molecular flexibility index (Phi) is 7.82. The van der Waals surface area contributed by atoms with Crippen molar-refractivity contribution in [3.05, 3.63) is 89.4 Å². The number of rotatable bonds is 7. The smallest absolute Gasteiger partial charge is 0.257 e. The Bertz CT molecular complexity index is 1360. The monoisotopic (exact) mass is 493 g/mol. The molecule has 4 rings (SSSR count). The van der Waals surface area contributed by atoms with E-state index in [2.05, 4.69) is 10.4 Å². The first-order valence-electron chi connectivity index (χ1n) is 11.5. The van der Waals surface area contributed by atoms with Crippen LogP contribution < -0.4 is 10.1 Å². The van der Waals surface area contributed by atoms with Gasteiger partial charge >= 0.3 is 0 Å². The zero-order valence-electron chi connectivity index (χ0n) is 20.5. The van der Waals surface area contributed by atoms with Gasteiger partial charge in [-0.25, -0.2) is 13.5 Å². The number of halogens is 2. The number of nitrogens with zero attached hydrogens (tertiary/aromatic N) is 2. The molecule has 0 spiro atoms. The van der Waals surface area contributed by atoms with Crippen LogP contribution in [0.5, 0.6) is 5.75 Å². The number of amides is 1. The van der Waals surface area contributed by atoms with Crippen LogP contribution in [0.2, 0.25) is 0 Å². The Hall–Kier alpha value is -3.74. The summed E-state index contributed by atoms with van der Waals surface area (Å²) in [5, 5.41) is 8.05. The quantitative estimate of drug-likeness (QED) is 0.308. The van der Waals surface area contributed by atoms with Crippen molar-refractivity contribution >= 4 is 16.8 Å². The summed E-state index contributed by atoms with van der Waals surface area (Å²) >= 11 is 0. The third kappa shape index (κ3) is 5.73. The summed E-state index contributed by atoms with van der Waals surface area (Å²) in [6.45, 7) is 8.24. The predicted octanol–water partition coefficient (Wildman–Crippen LogP) is 6.79. The van der Waals surface area contributed by atoms with Gasteiger partial charge in [0.05, 0.1) is 23.4 Å². The van der Waals surface area contributed by atoms with Crippen LogP contribution in [0.1, 0.15) is 51.0 Å². The number of alkyl halides is 1. The molecule has 0 aliphatic carbocycles. The number of fused-ring (bicyclic) bond motifs is 1. The maximum absolute atomic E-state index is 14.2. The zero-order valence-corrected chi connectivity index (χ0v) is 20.5. The van der Waals surface area contributed by atoms with E-state index in [1.807, 2.05) is 50.2 Å². The zero-order chi connectivity index (χ0) is 25.3. The second-order valence-corrected chi connectivity index (χ2v) is 9.39. The standard InChI is InChI=1S/C28H29F2N3O2.CH4/c1-17-6-7-18(2)24(14-17)26(19(3)32-27(34)28(4,5)30)35-23-12-13-25-20(15-23)16-31-33(25)22-10-8-21(29)9-11-22;/h6-16,19,26H,1-5H3,(H,32,34);1H4/t19-,26-;/m0./s1. The largest absolute Gasteiger partial charge is 0.484 e. The van der Waals surface area contributed by atoms with Gasteiger partial charge in [0.1, 0.15) is 17.7 Å². The number of aromatic nitrogens is 2. The maximum atomic E-state index is 14.2. The van der Waals surface area contributed by atoms with E-state index in [4.69, 9.17) is 4.74 Å². The third-order valence-electron chi connectivity index (χ3n) is 5.97. The van der Waals surface area contributed by atoms with Gasteiger partial charge in [-0.3, -0.25) is 4.79 Å². The lowest BCUT2D eigenvalue weighted by molar-refractivity contribution is -0.132. The number of hydrogen-bond acceptors (Lipinski definition) is 3. The van der Waals surface area contributed by atoms with E-state index in [9.17, 15) is 13.6 Å². The van der Waals surface area contributed by atoms with Crippen LogP contribution in [0.25, 0.3) is 16.6 Å². The predicted molar refractivity (Wildman–Crippen MR) is 140 cm³/mol. The highest BCUT2D eigenvalue weighted by Crippen LogP contribution is 2.31. The molecule has 4 aromatic rings. The minimum Gasteiger partial charge on any atom is -0.484 e. The molecule has 0 radical (unpaired) electrons. The maximum Gasteiger partial charge on any atom is 0.257 e. The number of benzene rings is 3. The molecule has 7 heteroatoms. The summed E-state index contributed by atoms with van der Waals surface area (Å²) in [7, 11) is 0. The van der Waals surface area contributed by atoms with Crippen LogP contribution in [0, 0.1) is 19.7 Å². The van der Waals surface area contributed by atoms with Gasteiger partial charge in [-0.1, -0.05) is 31.2 Å². The van der Waals surface area contributed by atoms with Gasteiger partial charge in [0.15, 0.2) is 5.67 Å². The van der Waals surface area contributed by atoms with E-state index in [0.717, 1.165) is 33.3 Å². The summed E-state index contributed by atoms with van der Waals surface area (Å²) < 4.78 is 35.7. The molecule has 3 aromatic carbocycles. The van der Waals surface area contributed by atoms with E-state index in [1.165, 1.54) is 26.0 Å². The lowest BCUT2D eigenvalue weighted by atomic mass is 9.96. The molecule has 0 unspecified atom stereocenters. The number of aryl methyl sites for hydroxylation is 2. The Labute approximate surface area is 211 Å². The summed E-state index contributed by atoms with van der Waals surface area (Å²) in [5.74, 6) is -0.418. The highest BCUT2D eigenvalue weighted by molar-refractivity contribution is 5.84. The van der Waals surface area contributed by atoms with Crippen molar-refractivity contribution in [2.24, 2.45) is 0 Å². The lowest BCUT2D eigenvalue weighted by Gasteiger charge is -2.29. The van der Waals surface area contributed by atoms with Crippen LogP contribution in [0.15, 0.2) is 66.9 Å². The number of nitrogens with one attached hydrogen (secondary N) is 1. The second-order valence-electron chi connectivity index (χ2n) is 9.39. The van der Waals surface area contributed by atoms with Crippen LogP contribution in [-0.4, -0.2) is 27.4 Å². The average molecular weight is 494 g/mol. The third-order valence-corrected chi connectivity index (χ3v) is 5.97. The van der Waals surface area contributed by atoms with E-state index in [-0.39, 0.29) is 13.2 Å². The van der Waals surface area contributed by atoms with Crippen molar-refractivity contribution in [3.8, 4) is 11.4 Å². The Morgan fingerprint density at radius 1 is 1.06 bits per heavy atom. The van der Waals surface area contributed by atoms with Crippen LogP contribution in [0.3, 0.4) is 0 Å². The van der Waals surface area contributed by atoms with Crippen molar-refractivity contribution in [2.45, 2.75) is 59.9 Å². The first-order chi connectivity index (χ1) is 16.5. The van der Waals surface area contributed by atoms with Crippen molar-refractivity contribution in [2.75, 3.05) is 0 Å². The molecule has 0 bridgehead atoms. The number of carbonyl (C=O) groups excluding carboxylic acids is 1. The van der Waals surface area contributed by atoms with Crippen molar-refractivity contribution in [1.82, 2.24) is 15.1 Å². The van der Waals surface area contributed by atoms with E-state index < -0.39 is 23.7 Å². The normalized spacial score (nSPS) is 13.1. The summed E-state index contributed by atoms with van der Waals surface area (Å²) in [6.07, 6.45) is 1.17. The van der Waals surface area contributed by atoms with Gasteiger partial charge < -0.3 is 10.1 Å². The van der Waals surface area contributed by atoms with Gasteiger partial charge in [-0.2, -0.15) is 5.10 Å². The molecule has 0 fully saturated rings. The molecular formula is C29H33F2N3O2. The topological polar surface area (TPSA) is 56.1 Å². The Morgan fingerprint density at radius 3 is 2.42 bits per heavy atom. The fourth-order valence-electron chi connectivity index (χ4n) is 3.97. The van der Waals surface area contributed by atoms with Gasteiger partial charge in [-0.15, -0.1) is 0 Å². The summed E-state index contributed by atoms with van der Waals surface area (Å²) in [5.41, 5.74) is 2.55. The fourth-order valence-corrected chi connectivity index (χ4v) is 3.97. The molecule has 2 atom stereocenters. The van der Waals surface area contributed by atoms with Crippen molar-refractivity contribution in [3.63, 3.8) is 0 Å². The second kappa shape index (κ2) is 10.5. The van der Waals surface area contributed by atoms with E-state index in [0.29, 0.717) is 5.75 Å². The highest BCUT2D eigenvalue weighted by atomic mass is 19.1. The van der Waals surface area contributed by atoms with Gasteiger partial charge in [-0.05, 0) is 88.2 Å². The van der Waals surface area contributed by atoms with Crippen molar-refractivity contribution < 1.29 is 18.3 Å². The molecule has 0 saturated heterocycles. The molecule has 0 saturated carbocycles. The lowest BCUT2D eigenvalue weighted by Crippen LogP contribution is -2.46.